The SMILES string of the molecule is Cc1ccc(NC(C)C(=O)Nc2ccc(F)cc2Cl)cc1F. The molecule has 1 atom stereocenters. The number of carbonyl (C=O) groups excluding carboxylic acids is 1. The molecule has 0 fully saturated rings. The lowest BCUT2D eigenvalue weighted by molar-refractivity contribution is -0.116. The van der Waals surface area contributed by atoms with Gasteiger partial charge in [0.05, 0.1) is 10.7 Å². The zero-order chi connectivity index (χ0) is 16.3. The minimum Gasteiger partial charge on any atom is -0.374 e. The Bertz CT molecular complexity index is 707. The van der Waals surface area contributed by atoms with Crippen LogP contribution in [0.4, 0.5) is 20.2 Å². The van der Waals surface area contributed by atoms with E-state index in [2.05, 4.69) is 10.6 Å². The van der Waals surface area contributed by atoms with Gasteiger partial charge in [0.15, 0.2) is 0 Å². The molecule has 2 N–H and O–H groups in total. The predicted molar refractivity (Wildman–Crippen MR) is 84.3 cm³/mol. The molecule has 1 amide bonds. The summed E-state index contributed by atoms with van der Waals surface area (Å²) in [5.74, 6) is -1.20. The Morgan fingerprint density at radius 1 is 1.18 bits per heavy atom. The molecule has 0 aliphatic rings. The molecule has 22 heavy (non-hydrogen) atoms. The Balaban J connectivity index is 2.04. The van der Waals surface area contributed by atoms with E-state index in [1.54, 1.807) is 26.0 Å². The minimum atomic E-state index is -0.622. The molecule has 2 aromatic carbocycles. The smallest absolute Gasteiger partial charge is 0.246 e. The van der Waals surface area contributed by atoms with Gasteiger partial charge in [-0.05, 0) is 49.7 Å². The molecule has 0 saturated heterocycles. The fourth-order valence-electron chi connectivity index (χ4n) is 1.83. The lowest BCUT2D eigenvalue weighted by Crippen LogP contribution is -2.32. The Labute approximate surface area is 132 Å². The number of hydrogen-bond acceptors (Lipinski definition) is 2. The van der Waals surface area contributed by atoms with Crippen molar-refractivity contribution in [3.8, 4) is 0 Å². The molecule has 0 spiro atoms. The third kappa shape index (κ3) is 3.95. The Hall–Kier alpha value is -2.14. The fourth-order valence-corrected chi connectivity index (χ4v) is 2.04. The molecule has 1 unspecified atom stereocenters. The minimum absolute atomic E-state index is 0.113. The highest BCUT2D eigenvalue weighted by atomic mass is 35.5. The standard InChI is InChI=1S/C16H15ClF2N2O/c1-9-3-5-12(8-14(9)19)20-10(2)16(22)21-15-6-4-11(18)7-13(15)17/h3-8,10,20H,1-2H3,(H,21,22). The molecule has 0 radical (unpaired) electrons. The molecule has 2 rings (SSSR count). The van der Waals surface area contributed by atoms with Gasteiger partial charge in [0, 0.05) is 5.69 Å². The topological polar surface area (TPSA) is 41.1 Å². The summed E-state index contributed by atoms with van der Waals surface area (Å²) in [5.41, 5.74) is 1.34. The predicted octanol–water partition coefficient (Wildman–Crippen LogP) is 4.37. The number of anilines is 2. The van der Waals surface area contributed by atoms with Crippen LogP contribution in [0.15, 0.2) is 36.4 Å². The monoisotopic (exact) mass is 324 g/mol. The first kappa shape index (κ1) is 16.2. The molecule has 0 heterocycles. The van der Waals surface area contributed by atoms with Gasteiger partial charge in [-0.1, -0.05) is 17.7 Å². The molecule has 116 valence electrons. The maximum atomic E-state index is 13.5. The second-order valence-electron chi connectivity index (χ2n) is 4.94. The van der Waals surface area contributed by atoms with Crippen LogP contribution in [0.5, 0.6) is 0 Å². The van der Waals surface area contributed by atoms with E-state index >= 15 is 0 Å². The molecule has 0 aliphatic heterocycles. The first-order chi connectivity index (χ1) is 10.4. The number of amides is 1. The first-order valence-corrected chi connectivity index (χ1v) is 7.03. The van der Waals surface area contributed by atoms with Crippen LogP contribution in [0.2, 0.25) is 5.02 Å². The Morgan fingerprint density at radius 2 is 1.91 bits per heavy atom. The van der Waals surface area contributed by atoms with Gasteiger partial charge < -0.3 is 10.6 Å². The average Bonchev–Trinajstić information content (AvgIpc) is 2.45. The molecular formula is C16H15ClF2N2O. The van der Waals surface area contributed by atoms with Crippen LogP contribution >= 0.6 is 11.6 Å². The largest absolute Gasteiger partial charge is 0.374 e. The number of aryl methyl sites for hydroxylation is 1. The van der Waals surface area contributed by atoms with E-state index in [0.29, 0.717) is 16.9 Å². The number of rotatable bonds is 4. The van der Waals surface area contributed by atoms with Crippen LogP contribution in [-0.2, 0) is 4.79 Å². The Morgan fingerprint density at radius 3 is 2.55 bits per heavy atom. The summed E-state index contributed by atoms with van der Waals surface area (Å²) in [4.78, 5) is 12.1. The van der Waals surface area contributed by atoms with Gasteiger partial charge in [-0.2, -0.15) is 0 Å². The van der Waals surface area contributed by atoms with Crippen molar-refractivity contribution in [1.29, 1.82) is 0 Å². The second kappa shape index (κ2) is 6.75. The van der Waals surface area contributed by atoms with E-state index in [9.17, 15) is 13.6 Å². The molecule has 0 saturated carbocycles. The van der Waals surface area contributed by atoms with E-state index in [1.807, 2.05) is 0 Å². The van der Waals surface area contributed by atoms with E-state index in [-0.39, 0.29) is 16.7 Å². The van der Waals surface area contributed by atoms with Crippen molar-refractivity contribution in [3.63, 3.8) is 0 Å². The van der Waals surface area contributed by atoms with Crippen molar-refractivity contribution >= 4 is 28.9 Å². The van der Waals surface area contributed by atoms with E-state index < -0.39 is 11.9 Å². The van der Waals surface area contributed by atoms with E-state index in [0.717, 1.165) is 6.07 Å². The Kier molecular flexibility index (Phi) is 4.98. The number of carbonyl (C=O) groups is 1. The van der Waals surface area contributed by atoms with Crippen LogP contribution in [0.3, 0.4) is 0 Å². The molecule has 0 aromatic heterocycles. The second-order valence-corrected chi connectivity index (χ2v) is 5.35. The highest BCUT2D eigenvalue weighted by molar-refractivity contribution is 6.33. The number of nitrogens with one attached hydrogen (secondary N) is 2. The summed E-state index contributed by atoms with van der Waals surface area (Å²) in [6.07, 6.45) is 0. The quantitative estimate of drug-likeness (QED) is 0.877. The van der Waals surface area contributed by atoms with Gasteiger partial charge in [0.1, 0.15) is 17.7 Å². The summed E-state index contributed by atoms with van der Waals surface area (Å²) in [6.45, 7) is 3.29. The van der Waals surface area contributed by atoms with Crippen molar-refractivity contribution in [2.45, 2.75) is 19.9 Å². The van der Waals surface area contributed by atoms with Gasteiger partial charge in [0.2, 0.25) is 5.91 Å². The molecule has 3 nitrogen and oxygen atoms in total. The molecule has 2 aromatic rings. The third-order valence-electron chi connectivity index (χ3n) is 3.14. The summed E-state index contributed by atoms with van der Waals surface area (Å²) in [6, 6.07) is 7.71. The maximum absolute atomic E-state index is 13.5. The molecule has 0 bridgehead atoms. The van der Waals surface area contributed by atoms with Crippen molar-refractivity contribution in [1.82, 2.24) is 0 Å². The van der Waals surface area contributed by atoms with Gasteiger partial charge in [-0.15, -0.1) is 0 Å². The number of hydrogen-bond donors (Lipinski definition) is 2. The van der Waals surface area contributed by atoms with Crippen molar-refractivity contribution < 1.29 is 13.6 Å². The van der Waals surface area contributed by atoms with Crippen LogP contribution in [0.25, 0.3) is 0 Å². The summed E-state index contributed by atoms with van der Waals surface area (Å²) in [5, 5.41) is 5.59. The molecule has 6 heteroatoms. The maximum Gasteiger partial charge on any atom is 0.246 e. The van der Waals surface area contributed by atoms with Crippen LogP contribution in [-0.4, -0.2) is 11.9 Å². The van der Waals surface area contributed by atoms with Crippen LogP contribution < -0.4 is 10.6 Å². The molecule has 0 aliphatic carbocycles. The summed E-state index contributed by atoms with van der Waals surface area (Å²) >= 11 is 5.85. The molecular weight excluding hydrogens is 310 g/mol. The summed E-state index contributed by atoms with van der Waals surface area (Å²) < 4.78 is 26.4. The van der Waals surface area contributed by atoms with Crippen LogP contribution in [0, 0.1) is 18.6 Å². The van der Waals surface area contributed by atoms with Gasteiger partial charge >= 0.3 is 0 Å². The van der Waals surface area contributed by atoms with Crippen LogP contribution in [0.1, 0.15) is 12.5 Å². The van der Waals surface area contributed by atoms with E-state index in [4.69, 9.17) is 11.6 Å². The van der Waals surface area contributed by atoms with Crippen molar-refractivity contribution in [2.75, 3.05) is 10.6 Å². The van der Waals surface area contributed by atoms with Gasteiger partial charge in [-0.25, -0.2) is 8.78 Å². The van der Waals surface area contributed by atoms with Gasteiger partial charge in [0.25, 0.3) is 0 Å². The van der Waals surface area contributed by atoms with Crippen molar-refractivity contribution in [2.24, 2.45) is 0 Å². The lowest BCUT2D eigenvalue weighted by Gasteiger charge is -2.16. The van der Waals surface area contributed by atoms with Crippen molar-refractivity contribution in [3.05, 3.63) is 58.6 Å². The van der Waals surface area contributed by atoms with Gasteiger partial charge in [-0.3, -0.25) is 4.79 Å². The third-order valence-corrected chi connectivity index (χ3v) is 3.45. The number of halogens is 3. The zero-order valence-electron chi connectivity index (χ0n) is 12.1. The zero-order valence-corrected chi connectivity index (χ0v) is 12.8. The average molecular weight is 325 g/mol. The highest BCUT2D eigenvalue weighted by Crippen LogP contribution is 2.23. The van der Waals surface area contributed by atoms with E-state index in [1.165, 1.54) is 18.2 Å². The normalized spacial score (nSPS) is 11.9. The summed E-state index contributed by atoms with van der Waals surface area (Å²) in [7, 11) is 0. The fraction of sp³-hybridized carbons (Fsp3) is 0.188. The lowest BCUT2D eigenvalue weighted by atomic mass is 10.2. The highest BCUT2D eigenvalue weighted by Gasteiger charge is 2.15. The number of benzene rings is 2. The first-order valence-electron chi connectivity index (χ1n) is 6.65.